The van der Waals surface area contributed by atoms with Crippen molar-refractivity contribution < 1.29 is 4.79 Å². The average Bonchev–Trinajstić information content (AvgIpc) is 3.31. The Morgan fingerprint density at radius 3 is 2.54 bits per heavy atom. The van der Waals surface area contributed by atoms with E-state index in [2.05, 4.69) is 63.0 Å². The van der Waals surface area contributed by atoms with E-state index in [-0.39, 0.29) is 11.8 Å². The third-order valence-electron chi connectivity index (χ3n) is 8.18. The molecule has 6 nitrogen and oxygen atoms in total. The van der Waals surface area contributed by atoms with Crippen LogP contribution in [0.4, 0.5) is 11.5 Å². The van der Waals surface area contributed by atoms with Gasteiger partial charge in [0.2, 0.25) is 5.91 Å². The number of pyridine rings is 1. The van der Waals surface area contributed by atoms with Crippen LogP contribution in [0, 0.1) is 17.2 Å². The summed E-state index contributed by atoms with van der Waals surface area (Å²) in [5.74, 6) is 0.387. The van der Waals surface area contributed by atoms with Crippen molar-refractivity contribution in [3.63, 3.8) is 0 Å². The van der Waals surface area contributed by atoms with Crippen molar-refractivity contribution in [3.05, 3.63) is 113 Å². The number of rotatable bonds is 7. The van der Waals surface area contributed by atoms with Crippen LogP contribution in [-0.4, -0.2) is 30.5 Å². The van der Waals surface area contributed by atoms with Crippen LogP contribution in [0.1, 0.15) is 29.5 Å². The monoisotopic (exact) mass is 561 g/mol. The number of hydrogen-bond acceptors (Lipinski definition) is 5. The number of carbonyl (C=O) groups is 1. The van der Waals surface area contributed by atoms with Crippen LogP contribution in [0.5, 0.6) is 0 Å². The van der Waals surface area contributed by atoms with Gasteiger partial charge in [0.05, 0.1) is 17.0 Å². The molecule has 1 fully saturated rings. The van der Waals surface area contributed by atoms with E-state index in [0.717, 1.165) is 47.3 Å². The smallest absolute Gasteiger partial charge is 0.229 e. The molecular weight excluding hydrogens is 530 g/mol. The van der Waals surface area contributed by atoms with Crippen LogP contribution in [-0.2, 0) is 23.2 Å². The van der Waals surface area contributed by atoms with E-state index in [9.17, 15) is 10.1 Å². The molecule has 2 N–H and O–H groups in total. The van der Waals surface area contributed by atoms with Gasteiger partial charge in [0.15, 0.2) is 0 Å². The summed E-state index contributed by atoms with van der Waals surface area (Å²) >= 11 is 6.67. The van der Waals surface area contributed by atoms with Crippen LogP contribution in [0.2, 0.25) is 5.02 Å². The number of amides is 1. The maximum Gasteiger partial charge on any atom is 0.229 e. The first-order chi connectivity index (χ1) is 20.0. The number of nitrogens with zero attached hydrogens (tertiary/aromatic N) is 3. The molecule has 2 aliphatic heterocycles. The summed E-state index contributed by atoms with van der Waals surface area (Å²) in [6, 6.07) is 31.3. The molecule has 1 saturated heterocycles. The van der Waals surface area contributed by atoms with Gasteiger partial charge in [-0.05, 0) is 60.2 Å². The van der Waals surface area contributed by atoms with Crippen molar-refractivity contribution in [2.75, 3.05) is 29.9 Å². The molecule has 41 heavy (non-hydrogen) atoms. The van der Waals surface area contributed by atoms with Gasteiger partial charge in [-0.2, -0.15) is 5.26 Å². The molecule has 4 aromatic rings. The van der Waals surface area contributed by atoms with Crippen molar-refractivity contribution in [3.8, 4) is 17.2 Å². The lowest BCUT2D eigenvalue weighted by molar-refractivity contribution is -0.120. The van der Waals surface area contributed by atoms with Crippen molar-refractivity contribution in [1.82, 2.24) is 10.3 Å². The number of piperidine rings is 1. The number of halogens is 1. The highest BCUT2D eigenvalue weighted by Gasteiger charge is 2.43. The number of hydrogen-bond donors (Lipinski definition) is 2. The van der Waals surface area contributed by atoms with Crippen molar-refractivity contribution in [2.45, 2.75) is 31.2 Å². The number of benzene rings is 3. The van der Waals surface area contributed by atoms with E-state index >= 15 is 0 Å². The number of nitrogens with one attached hydrogen (secondary N) is 2. The maximum atomic E-state index is 12.9. The Kier molecular flexibility index (Phi) is 7.74. The predicted octanol–water partition coefficient (Wildman–Crippen LogP) is 6.36. The topological polar surface area (TPSA) is 81.0 Å². The van der Waals surface area contributed by atoms with Crippen molar-refractivity contribution >= 4 is 29.0 Å². The maximum absolute atomic E-state index is 12.9. The number of nitriles is 1. The highest BCUT2D eigenvalue weighted by Crippen LogP contribution is 2.46. The molecule has 0 spiro atoms. The molecule has 206 valence electrons. The number of fused-ring (bicyclic) bond motifs is 1. The lowest BCUT2D eigenvalue weighted by Gasteiger charge is -2.24. The van der Waals surface area contributed by atoms with Crippen LogP contribution in [0.25, 0.3) is 11.1 Å². The fourth-order valence-electron chi connectivity index (χ4n) is 6.07. The van der Waals surface area contributed by atoms with Gasteiger partial charge in [0.1, 0.15) is 11.2 Å². The van der Waals surface area contributed by atoms with Gasteiger partial charge < -0.3 is 15.5 Å². The van der Waals surface area contributed by atoms with E-state index in [1.165, 1.54) is 5.56 Å². The molecule has 7 heteroatoms. The van der Waals surface area contributed by atoms with Gasteiger partial charge in [-0.1, -0.05) is 84.4 Å². The number of carbonyl (C=O) groups excluding carboxylic acids is 1. The lowest BCUT2D eigenvalue weighted by Crippen LogP contribution is -2.37. The first-order valence-corrected chi connectivity index (χ1v) is 14.5. The molecule has 2 atom stereocenters. The molecule has 0 radical (unpaired) electrons. The summed E-state index contributed by atoms with van der Waals surface area (Å²) in [7, 11) is 0. The predicted molar refractivity (Wildman–Crippen MR) is 164 cm³/mol. The number of aromatic nitrogens is 1. The van der Waals surface area contributed by atoms with Gasteiger partial charge in [-0.25, -0.2) is 4.98 Å². The van der Waals surface area contributed by atoms with Gasteiger partial charge in [-0.3, -0.25) is 4.79 Å². The summed E-state index contributed by atoms with van der Waals surface area (Å²) < 4.78 is 0. The summed E-state index contributed by atoms with van der Waals surface area (Å²) in [6.45, 7) is 2.91. The summed E-state index contributed by atoms with van der Waals surface area (Å²) in [5.41, 5.74) is 5.38. The third kappa shape index (κ3) is 5.69. The quantitative estimate of drug-likeness (QED) is 0.274. The Morgan fingerprint density at radius 2 is 1.83 bits per heavy atom. The molecule has 0 aliphatic carbocycles. The zero-order valence-corrected chi connectivity index (χ0v) is 23.6. The molecular formula is C34H32ClN5O. The van der Waals surface area contributed by atoms with Gasteiger partial charge in [0.25, 0.3) is 0 Å². The van der Waals surface area contributed by atoms with E-state index in [0.29, 0.717) is 36.9 Å². The Morgan fingerprint density at radius 1 is 1.07 bits per heavy atom. The Bertz CT molecular complexity index is 1580. The molecule has 0 bridgehead atoms. The molecule has 1 amide bonds. The fourth-order valence-corrected chi connectivity index (χ4v) is 6.28. The standard InChI is InChI=1S/C34H32ClN5O/c35-30-20-38-32(39-33(41)27-12-7-15-37-19-27)17-28(30)26-13-14-29-31(16-26)40(21-25-10-5-2-6-11-25)23-34(29,22-36)18-24-8-3-1-4-9-24/h1-6,8-11,13-14,16-17,20,27,37H,7,12,15,18-19,21,23H2,(H,38,39,41). The molecule has 6 rings (SSSR count). The third-order valence-corrected chi connectivity index (χ3v) is 8.48. The zero-order chi connectivity index (χ0) is 28.2. The number of anilines is 2. The largest absolute Gasteiger partial charge is 0.365 e. The van der Waals surface area contributed by atoms with E-state index in [1.54, 1.807) is 6.20 Å². The molecule has 1 aromatic heterocycles. The van der Waals surface area contributed by atoms with Gasteiger partial charge in [0, 0.05) is 37.1 Å². The minimum Gasteiger partial charge on any atom is -0.365 e. The Labute approximate surface area is 246 Å². The zero-order valence-electron chi connectivity index (χ0n) is 22.8. The van der Waals surface area contributed by atoms with Crippen LogP contribution in [0.15, 0.2) is 91.1 Å². The Hall–Kier alpha value is -4.18. The lowest BCUT2D eigenvalue weighted by atomic mass is 9.78. The van der Waals surface area contributed by atoms with E-state index in [4.69, 9.17) is 11.6 Å². The molecule has 0 saturated carbocycles. The second-order valence-electron chi connectivity index (χ2n) is 11.0. The van der Waals surface area contributed by atoms with Crippen LogP contribution < -0.4 is 15.5 Å². The van der Waals surface area contributed by atoms with Gasteiger partial charge >= 0.3 is 0 Å². The first kappa shape index (κ1) is 27.0. The second kappa shape index (κ2) is 11.7. The minimum atomic E-state index is -0.681. The average molecular weight is 562 g/mol. The molecule has 2 unspecified atom stereocenters. The van der Waals surface area contributed by atoms with Crippen molar-refractivity contribution in [1.29, 1.82) is 5.26 Å². The highest BCUT2D eigenvalue weighted by atomic mass is 35.5. The highest BCUT2D eigenvalue weighted by molar-refractivity contribution is 6.33. The van der Waals surface area contributed by atoms with Crippen LogP contribution >= 0.6 is 11.6 Å². The van der Waals surface area contributed by atoms with Gasteiger partial charge in [-0.15, -0.1) is 0 Å². The van der Waals surface area contributed by atoms with E-state index in [1.807, 2.05) is 48.5 Å². The van der Waals surface area contributed by atoms with Crippen LogP contribution in [0.3, 0.4) is 0 Å². The summed E-state index contributed by atoms with van der Waals surface area (Å²) in [6.07, 6.45) is 4.07. The fraction of sp³-hybridized carbons (Fsp3) is 0.265. The molecule has 3 aromatic carbocycles. The SMILES string of the molecule is N#CC1(Cc2ccccc2)CN(Cc2ccccc2)c2cc(-c3cc(NC(=O)C4CCCNC4)ncc3Cl)ccc21. The minimum absolute atomic E-state index is 0.0272. The first-order valence-electron chi connectivity index (χ1n) is 14.1. The molecule has 3 heterocycles. The Balaban J connectivity index is 1.36. The summed E-state index contributed by atoms with van der Waals surface area (Å²) in [4.78, 5) is 19.6. The second-order valence-corrected chi connectivity index (χ2v) is 11.4. The van der Waals surface area contributed by atoms with E-state index < -0.39 is 5.41 Å². The summed E-state index contributed by atoms with van der Waals surface area (Å²) in [5, 5.41) is 17.4. The normalized spacial score (nSPS) is 19.8. The molecule has 2 aliphatic rings. The van der Waals surface area contributed by atoms with Crippen molar-refractivity contribution in [2.24, 2.45) is 5.92 Å².